The highest BCUT2D eigenvalue weighted by Crippen LogP contribution is 2.29. The van der Waals surface area contributed by atoms with Crippen molar-refractivity contribution in [1.29, 1.82) is 0 Å². The zero-order valence-corrected chi connectivity index (χ0v) is 12.1. The predicted molar refractivity (Wildman–Crippen MR) is 80.2 cm³/mol. The van der Waals surface area contributed by atoms with Crippen molar-refractivity contribution < 1.29 is 14.4 Å². The summed E-state index contributed by atoms with van der Waals surface area (Å²) >= 11 is 0. The first kappa shape index (κ1) is 13.9. The van der Waals surface area contributed by atoms with Crippen molar-refractivity contribution in [1.82, 2.24) is 14.9 Å². The lowest BCUT2D eigenvalue weighted by Crippen LogP contribution is -2.11. The smallest absolute Gasteiger partial charge is 0.410 e. The van der Waals surface area contributed by atoms with Crippen LogP contribution in [0.3, 0.4) is 0 Å². The Bertz CT molecular complexity index is 801. The quantitative estimate of drug-likeness (QED) is 0.774. The van der Waals surface area contributed by atoms with E-state index in [0.717, 1.165) is 11.3 Å². The van der Waals surface area contributed by atoms with E-state index in [4.69, 9.17) is 9.63 Å². The summed E-state index contributed by atoms with van der Waals surface area (Å²) in [4.78, 5) is 11.0. The maximum Gasteiger partial charge on any atom is 0.410 e. The van der Waals surface area contributed by atoms with Crippen LogP contribution >= 0.6 is 0 Å². The number of rotatable bonds is 3. The average Bonchev–Trinajstić information content (AvgIpc) is 3.03. The molecule has 2 aromatic heterocycles. The molecule has 0 saturated carbocycles. The first-order valence-electron chi connectivity index (χ1n) is 6.65. The van der Waals surface area contributed by atoms with Crippen LogP contribution in [0, 0.1) is 13.8 Å². The molecule has 7 heteroatoms. The van der Waals surface area contributed by atoms with E-state index in [1.54, 1.807) is 13.0 Å². The van der Waals surface area contributed by atoms with E-state index in [9.17, 15) is 4.79 Å². The Labute approximate surface area is 126 Å². The number of carbonyl (C=O) groups is 1. The molecular formula is C15H14N4O3. The Morgan fingerprint density at radius 1 is 1.27 bits per heavy atom. The molecule has 112 valence electrons. The summed E-state index contributed by atoms with van der Waals surface area (Å²) in [5, 5.41) is 19.8. The number of nitrogens with zero attached hydrogens (tertiary/aromatic N) is 3. The van der Waals surface area contributed by atoms with Crippen molar-refractivity contribution in [2.45, 2.75) is 13.8 Å². The van der Waals surface area contributed by atoms with Gasteiger partial charge in [-0.25, -0.2) is 9.48 Å². The van der Waals surface area contributed by atoms with Crippen molar-refractivity contribution in [3.05, 3.63) is 47.9 Å². The Balaban J connectivity index is 2.15. The van der Waals surface area contributed by atoms with Crippen LogP contribution in [0.5, 0.6) is 0 Å². The number of amides is 1. The fraction of sp³-hybridized carbons (Fsp3) is 0.133. The van der Waals surface area contributed by atoms with E-state index < -0.39 is 6.09 Å². The maximum absolute atomic E-state index is 11.0. The fourth-order valence-electron chi connectivity index (χ4n) is 2.32. The summed E-state index contributed by atoms with van der Waals surface area (Å²) < 4.78 is 6.69. The molecule has 0 fully saturated rings. The Hall–Kier alpha value is -3.09. The minimum absolute atomic E-state index is 0.355. The van der Waals surface area contributed by atoms with Crippen LogP contribution in [-0.4, -0.2) is 26.1 Å². The summed E-state index contributed by atoms with van der Waals surface area (Å²) in [6.45, 7) is 3.61. The molecule has 0 bridgehead atoms. The van der Waals surface area contributed by atoms with Gasteiger partial charge in [0.15, 0.2) is 0 Å². The highest BCUT2D eigenvalue weighted by molar-refractivity contribution is 5.83. The van der Waals surface area contributed by atoms with E-state index in [1.807, 2.05) is 37.3 Å². The third-order valence-corrected chi connectivity index (χ3v) is 3.23. The van der Waals surface area contributed by atoms with E-state index in [0.29, 0.717) is 23.0 Å². The van der Waals surface area contributed by atoms with Gasteiger partial charge in [0.05, 0.1) is 16.9 Å². The Kier molecular flexibility index (Phi) is 3.38. The second-order valence-corrected chi connectivity index (χ2v) is 4.79. The normalized spacial score (nSPS) is 10.6. The van der Waals surface area contributed by atoms with Gasteiger partial charge in [-0.15, -0.1) is 0 Å². The number of carboxylic acid groups (broad SMARTS) is 1. The lowest BCUT2D eigenvalue weighted by atomic mass is 10.1. The van der Waals surface area contributed by atoms with E-state index in [-0.39, 0.29) is 0 Å². The highest BCUT2D eigenvalue weighted by atomic mass is 16.5. The fourth-order valence-corrected chi connectivity index (χ4v) is 2.32. The van der Waals surface area contributed by atoms with Crippen molar-refractivity contribution in [3.63, 3.8) is 0 Å². The first-order valence-corrected chi connectivity index (χ1v) is 6.65. The molecule has 0 radical (unpaired) electrons. The molecule has 0 aliphatic rings. The van der Waals surface area contributed by atoms with Crippen LogP contribution in [0.15, 0.2) is 40.9 Å². The second kappa shape index (κ2) is 5.36. The average molecular weight is 298 g/mol. The van der Waals surface area contributed by atoms with Gasteiger partial charge in [0, 0.05) is 6.07 Å². The summed E-state index contributed by atoms with van der Waals surface area (Å²) in [5.41, 5.74) is 2.83. The Morgan fingerprint density at radius 2 is 2.00 bits per heavy atom. The predicted octanol–water partition coefficient (Wildman–Crippen LogP) is 3.23. The summed E-state index contributed by atoms with van der Waals surface area (Å²) in [7, 11) is 0. The number of aromatic nitrogens is 3. The van der Waals surface area contributed by atoms with Crippen molar-refractivity contribution in [2.24, 2.45) is 0 Å². The molecule has 0 unspecified atom stereocenters. The van der Waals surface area contributed by atoms with Crippen molar-refractivity contribution in [3.8, 4) is 16.9 Å². The number of nitrogens with one attached hydrogen (secondary N) is 1. The summed E-state index contributed by atoms with van der Waals surface area (Å²) in [6, 6.07) is 10.9. The van der Waals surface area contributed by atoms with Crippen LogP contribution in [0.2, 0.25) is 0 Å². The van der Waals surface area contributed by atoms with Crippen molar-refractivity contribution >= 4 is 11.9 Å². The molecule has 1 amide bonds. The number of hydrogen-bond donors (Lipinski definition) is 2. The largest absolute Gasteiger partial charge is 0.465 e. The highest BCUT2D eigenvalue weighted by Gasteiger charge is 2.18. The monoisotopic (exact) mass is 298 g/mol. The first-order chi connectivity index (χ1) is 10.6. The van der Waals surface area contributed by atoms with Crippen LogP contribution in [0.4, 0.5) is 10.6 Å². The van der Waals surface area contributed by atoms with Crippen LogP contribution < -0.4 is 5.32 Å². The number of para-hydroxylation sites is 1. The SMILES string of the molecule is Cc1noc(C)c1-c1cc(NC(=O)O)n(-c2ccccc2)n1. The molecule has 3 rings (SSSR count). The lowest BCUT2D eigenvalue weighted by Gasteiger charge is -2.05. The summed E-state index contributed by atoms with van der Waals surface area (Å²) in [5.74, 6) is 0.991. The Morgan fingerprint density at radius 3 is 2.59 bits per heavy atom. The van der Waals surface area contributed by atoms with Gasteiger partial charge in [-0.05, 0) is 26.0 Å². The number of aryl methyl sites for hydroxylation is 2. The van der Waals surface area contributed by atoms with Gasteiger partial charge in [0.1, 0.15) is 17.3 Å². The zero-order valence-electron chi connectivity index (χ0n) is 12.1. The number of hydrogen-bond acceptors (Lipinski definition) is 4. The molecule has 0 spiro atoms. The third-order valence-electron chi connectivity index (χ3n) is 3.23. The minimum atomic E-state index is -1.15. The van der Waals surface area contributed by atoms with Crippen LogP contribution in [0.1, 0.15) is 11.5 Å². The van der Waals surface area contributed by atoms with Gasteiger partial charge in [-0.3, -0.25) is 5.32 Å². The third kappa shape index (κ3) is 2.44. The molecule has 7 nitrogen and oxygen atoms in total. The van der Waals surface area contributed by atoms with Gasteiger partial charge in [-0.2, -0.15) is 5.10 Å². The number of benzene rings is 1. The van der Waals surface area contributed by atoms with Gasteiger partial charge in [0.25, 0.3) is 0 Å². The topological polar surface area (TPSA) is 93.2 Å². The molecular weight excluding hydrogens is 284 g/mol. The number of anilines is 1. The molecule has 3 aromatic rings. The molecule has 0 atom stereocenters. The molecule has 2 N–H and O–H groups in total. The lowest BCUT2D eigenvalue weighted by molar-refractivity contribution is 0.209. The van der Waals surface area contributed by atoms with E-state index >= 15 is 0 Å². The van der Waals surface area contributed by atoms with Gasteiger partial charge >= 0.3 is 6.09 Å². The molecule has 0 aliphatic heterocycles. The van der Waals surface area contributed by atoms with Gasteiger partial charge in [-0.1, -0.05) is 23.4 Å². The molecule has 2 heterocycles. The standard InChI is InChI=1S/C15H14N4O3/c1-9-14(10(2)22-18-9)12-8-13(16-15(20)21)19(17-12)11-6-4-3-5-7-11/h3-8,16H,1-2H3,(H,20,21). The zero-order chi connectivity index (χ0) is 15.7. The van der Waals surface area contributed by atoms with Crippen LogP contribution in [0.25, 0.3) is 16.9 Å². The van der Waals surface area contributed by atoms with E-state index in [1.165, 1.54) is 4.68 Å². The molecule has 0 aliphatic carbocycles. The maximum atomic E-state index is 11.0. The molecule has 0 saturated heterocycles. The van der Waals surface area contributed by atoms with Crippen LogP contribution in [-0.2, 0) is 0 Å². The summed E-state index contributed by atoms with van der Waals surface area (Å²) in [6.07, 6.45) is -1.15. The van der Waals surface area contributed by atoms with Gasteiger partial charge in [0.2, 0.25) is 0 Å². The van der Waals surface area contributed by atoms with Crippen molar-refractivity contribution in [2.75, 3.05) is 5.32 Å². The minimum Gasteiger partial charge on any atom is -0.465 e. The van der Waals surface area contributed by atoms with E-state index in [2.05, 4.69) is 15.6 Å². The molecule has 1 aromatic carbocycles. The molecule has 22 heavy (non-hydrogen) atoms. The second-order valence-electron chi connectivity index (χ2n) is 4.79. The van der Waals surface area contributed by atoms with Gasteiger partial charge < -0.3 is 9.63 Å².